The van der Waals surface area contributed by atoms with Gasteiger partial charge in [-0.15, -0.1) is 11.8 Å². The Kier molecular flexibility index (Phi) is 5.30. The van der Waals surface area contributed by atoms with E-state index in [2.05, 4.69) is 47.8 Å². The monoisotopic (exact) mass is 466 g/mol. The van der Waals surface area contributed by atoms with E-state index in [0.29, 0.717) is 11.7 Å². The molecule has 1 aromatic heterocycles. The van der Waals surface area contributed by atoms with Crippen molar-refractivity contribution in [3.05, 3.63) is 105 Å². The molecule has 34 heavy (non-hydrogen) atoms. The van der Waals surface area contributed by atoms with Crippen molar-refractivity contribution in [3.8, 4) is 0 Å². The lowest BCUT2D eigenvalue weighted by Gasteiger charge is -2.18. The molecule has 0 spiro atoms. The average Bonchev–Trinajstić information content (AvgIpc) is 3.56. The Morgan fingerprint density at radius 1 is 1.00 bits per heavy atom. The number of nitrogens with one attached hydrogen (secondary N) is 1. The van der Waals surface area contributed by atoms with Crippen molar-refractivity contribution in [3.63, 3.8) is 0 Å². The molecular formula is C29H26N2O2S. The molecule has 1 fully saturated rings. The maximum atomic E-state index is 13.4. The number of pyridine rings is 1. The molecule has 1 amide bonds. The number of aromatic nitrogens is 1. The lowest BCUT2D eigenvalue weighted by atomic mass is 9.95. The number of hydrogen-bond donors (Lipinski definition) is 1. The number of amides is 1. The molecular weight excluding hydrogens is 440 g/mol. The minimum absolute atomic E-state index is 0.0796. The zero-order chi connectivity index (χ0) is 23.2. The molecule has 0 saturated heterocycles. The van der Waals surface area contributed by atoms with E-state index in [4.69, 9.17) is 0 Å². The van der Waals surface area contributed by atoms with Crippen LogP contribution in [0.4, 0.5) is 5.69 Å². The Morgan fingerprint density at radius 2 is 1.79 bits per heavy atom. The van der Waals surface area contributed by atoms with Gasteiger partial charge in [-0.2, -0.15) is 0 Å². The van der Waals surface area contributed by atoms with E-state index in [1.165, 1.54) is 21.9 Å². The molecule has 2 heterocycles. The van der Waals surface area contributed by atoms with Crippen LogP contribution in [0.5, 0.6) is 0 Å². The Bertz CT molecular complexity index is 1480. The molecule has 5 heteroatoms. The minimum Gasteiger partial charge on any atom is -0.324 e. The van der Waals surface area contributed by atoms with Gasteiger partial charge in [-0.25, -0.2) is 0 Å². The Morgan fingerprint density at radius 3 is 2.62 bits per heavy atom. The highest BCUT2D eigenvalue weighted by molar-refractivity contribution is 7.99. The number of carbonyl (C=O) groups is 1. The minimum atomic E-state index is -0.489. The molecule has 1 aliphatic heterocycles. The Hall–Kier alpha value is -3.31. The molecule has 1 atom stereocenters. The summed E-state index contributed by atoms with van der Waals surface area (Å²) < 4.78 is 1.75. The quantitative estimate of drug-likeness (QED) is 0.389. The van der Waals surface area contributed by atoms with E-state index in [1.807, 2.05) is 31.2 Å². The van der Waals surface area contributed by atoms with Crippen LogP contribution >= 0.6 is 11.8 Å². The summed E-state index contributed by atoms with van der Waals surface area (Å²) in [6.45, 7) is 2.00. The average molecular weight is 467 g/mol. The molecule has 1 unspecified atom stereocenters. The van der Waals surface area contributed by atoms with Crippen molar-refractivity contribution in [2.75, 3.05) is 11.1 Å². The number of carbonyl (C=O) groups excluding carboxylic acids is 1. The summed E-state index contributed by atoms with van der Waals surface area (Å²) >= 11 is 1.66. The van der Waals surface area contributed by atoms with Crippen LogP contribution in [0.25, 0.3) is 10.8 Å². The second kappa shape index (κ2) is 8.48. The fraction of sp³-hybridized carbons (Fsp3) is 0.241. The first-order valence-corrected chi connectivity index (χ1v) is 12.8. The number of aryl methyl sites for hydroxylation is 1. The fourth-order valence-electron chi connectivity index (χ4n) is 5.09. The number of rotatable bonds is 5. The van der Waals surface area contributed by atoms with Crippen LogP contribution in [0.15, 0.2) is 82.6 Å². The fourth-order valence-corrected chi connectivity index (χ4v) is 6.51. The summed E-state index contributed by atoms with van der Waals surface area (Å²) in [5.41, 5.74) is 5.41. The lowest BCUT2D eigenvalue weighted by Crippen LogP contribution is -2.33. The van der Waals surface area contributed by atoms with Gasteiger partial charge in [0.2, 0.25) is 5.91 Å². The molecule has 0 bridgehead atoms. The van der Waals surface area contributed by atoms with Crippen molar-refractivity contribution in [1.29, 1.82) is 0 Å². The first-order valence-electron chi connectivity index (χ1n) is 11.8. The molecule has 1 saturated carbocycles. The van der Waals surface area contributed by atoms with Gasteiger partial charge in [-0.05, 0) is 77.3 Å². The van der Waals surface area contributed by atoms with Crippen LogP contribution in [0.3, 0.4) is 0 Å². The third-order valence-corrected chi connectivity index (χ3v) is 8.03. The second-order valence-corrected chi connectivity index (χ2v) is 10.4. The molecule has 1 N–H and O–H groups in total. The molecule has 4 aromatic rings. The van der Waals surface area contributed by atoms with Crippen LogP contribution in [-0.4, -0.2) is 16.2 Å². The third-order valence-electron chi connectivity index (χ3n) is 6.85. The smallest absolute Gasteiger partial charge is 0.252 e. The van der Waals surface area contributed by atoms with Crippen molar-refractivity contribution < 1.29 is 4.79 Å². The van der Waals surface area contributed by atoms with Crippen molar-refractivity contribution in [2.45, 2.75) is 43.2 Å². The van der Waals surface area contributed by atoms with E-state index in [0.717, 1.165) is 41.1 Å². The number of hydrogen-bond acceptors (Lipinski definition) is 3. The van der Waals surface area contributed by atoms with Gasteiger partial charge in [0.1, 0.15) is 6.04 Å². The first-order chi connectivity index (χ1) is 16.6. The third kappa shape index (κ3) is 3.84. The first kappa shape index (κ1) is 21.2. The summed E-state index contributed by atoms with van der Waals surface area (Å²) in [6, 6.07) is 23.9. The van der Waals surface area contributed by atoms with E-state index < -0.39 is 6.04 Å². The van der Waals surface area contributed by atoms with Crippen LogP contribution in [0, 0.1) is 6.92 Å². The van der Waals surface area contributed by atoms with Crippen LogP contribution in [-0.2, 0) is 11.2 Å². The van der Waals surface area contributed by atoms with Crippen molar-refractivity contribution in [1.82, 2.24) is 4.57 Å². The van der Waals surface area contributed by atoms with E-state index in [1.54, 1.807) is 22.4 Å². The van der Waals surface area contributed by atoms with Crippen LogP contribution in [0.1, 0.15) is 47.1 Å². The van der Waals surface area contributed by atoms with E-state index in [-0.39, 0.29) is 11.5 Å². The zero-order valence-electron chi connectivity index (χ0n) is 19.1. The van der Waals surface area contributed by atoms with Gasteiger partial charge in [-0.3, -0.25) is 14.2 Å². The summed E-state index contributed by atoms with van der Waals surface area (Å²) in [7, 11) is 0. The number of benzene rings is 3. The van der Waals surface area contributed by atoms with Crippen molar-refractivity contribution in [2.24, 2.45) is 0 Å². The molecule has 170 valence electrons. The zero-order valence-corrected chi connectivity index (χ0v) is 19.9. The number of fused-ring (bicyclic) bond motifs is 2. The SMILES string of the molecule is Cc1cccc(NC(=O)C2CSc3c(C4CC4)c(Cc4cccc5ccccc45)cc(=O)n32)c1. The van der Waals surface area contributed by atoms with Crippen molar-refractivity contribution >= 4 is 34.1 Å². The predicted octanol–water partition coefficient (Wildman–Crippen LogP) is 6.06. The van der Waals surface area contributed by atoms with Gasteiger partial charge in [0.15, 0.2) is 0 Å². The molecule has 3 aromatic carbocycles. The Balaban J connectivity index is 1.38. The maximum Gasteiger partial charge on any atom is 0.252 e. The van der Waals surface area contributed by atoms with Gasteiger partial charge in [0, 0.05) is 17.5 Å². The summed E-state index contributed by atoms with van der Waals surface area (Å²) in [5, 5.41) is 6.46. The Labute approximate surface area is 203 Å². The topological polar surface area (TPSA) is 51.1 Å². The van der Waals surface area contributed by atoms with E-state index >= 15 is 0 Å². The van der Waals surface area contributed by atoms with Gasteiger partial charge in [0.25, 0.3) is 5.56 Å². The highest BCUT2D eigenvalue weighted by atomic mass is 32.2. The second-order valence-electron chi connectivity index (χ2n) is 9.37. The predicted molar refractivity (Wildman–Crippen MR) is 139 cm³/mol. The number of nitrogens with zero attached hydrogens (tertiary/aromatic N) is 1. The molecule has 0 radical (unpaired) electrons. The molecule has 6 rings (SSSR count). The largest absolute Gasteiger partial charge is 0.324 e. The van der Waals surface area contributed by atoms with Crippen LogP contribution in [0.2, 0.25) is 0 Å². The lowest BCUT2D eigenvalue weighted by molar-refractivity contribution is -0.118. The number of thioether (sulfide) groups is 1. The van der Waals surface area contributed by atoms with Crippen LogP contribution < -0.4 is 10.9 Å². The van der Waals surface area contributed by atoms with Gasteiger partial charge < -0.3 is 5.32 Å². The molecule has 4 nitrogen and oxygen atoms in total. The normalized spacial score (nSPS) is 17.0. The standard InChI is InChI=1S/C29H26N2O2S/c1-18-6-4-10-23(14-18)30-28(33)25-17-34-29-27(20-12-13-20)22(16-26(32)31(25)29)15-21-9-5-8-19-7-2-3-11-24(19)21/h2-11,14,16,20,25H,12-13,15,17H2,1H3,(H,30,33). The maximum absolute atomic E-state index is 13.4. The highest BCUT2D eigenvalue weighted by Gasteiger charge is 2.37. The summed E-state index contributed by atoms with van der Waals surface area (Å²) in [5.74, 6) is 0.949. The number of anilines is 1. The van der Waals surface area contributed by atoms with E-state index in [9.17, 15) is 9.59 Å². The molecule has 1 aliphatic carbocycles. The highest BCUT2D eigenvalue weighted by Crippen LogP contribution is 2.48. The molecule has 2 aliphatic rings. The van der Waals surface area contributed by atoms with Gasteiger partial charge in [0.05, 0.1) is 5.03 Å². The van der Waals surface area contributed by atoms with Gasteiger partial charge in [-0.1, -0.05) is 54.6 Å². The van der Waals surface area contributed by atoms with Gasteiger partial charge >= 0.3 is 0 Å². The summed E-state index contributed by atoms with van der Waals surface area (Å²) in [6.07, 6.45) is 3.03. The summed E-state index contributed by atoms with van der Waals surface area (Å²) in [4.78, 5) is 26.5.